The van der Waals surface area contributed by atoms with Gasteiger partial charge in [0, 0.05) is 12.4 Å². The van der Waals surface area contributed by atoms with Gasteiger partial charge in [-0.1, -0.05) is 6.92 Å². The van der Waals surface area contributed by atoms with E-state index >= 15 is 0 Å². The lowest BCUT2D eigenvalue weighted by atomic mass is 9.94. The van der Waals surface area contributed by atoms with E-state index in [0.29, 0.717) is 5.92 Å². The van der Waals surface area contributed by atoms with Crippen LogP contribution in [0.1, 0.15) is 31.2 Å². The summed E-state index contributed by atoms with van der Waals surface area (Å²) in [5.41, 5.74) is 6.89. The number of hydrogen-bond acceptors (Lipinski definition) is 2. The van der Waals surface area contributed by atoms with Gasteiger partial charge in [-0.2, -0.15) is 0 Å². The lowest BCUT2D eigenvalue weighted by Crippen LogP contribution is -2.06. The van der Waals surface area contributed by atoms with Crippen LogP contribution in [-0.4, -0.2) is 11.5 Å². The van der Waals surface area contributed by atoms with Crippen LogP contribution in [0.25, 0.3) is 0 Å². The smallest absolute Gasteiger partial charge is 0.0270 e. The van der Waals surface area contributed by atoms with Crippen molar-refractivity contribution in [1.82, 2.24) is 4.98 Å². The fourth-order valence-corrected chi connectivity index (χ4v) is 1.44. The van der Waals surface area contributed by atoms with Crippen molar-refractivity contribution in [3.8, 4) is 0 Å². The molecule has 0 fully saturated rings. The van der Waals surface area contributed by atoms with E-state index in [4.69, 9.17) is 5.73 Å². The van der Waals surface area contributed by atoms with Crippen LogP contribution in [0.3, 0.4) is 0 Å². The van der Waals surface area contributed by atoms with Crippen LogP contribution >= 0.6 is 0 Å². The fourth-order valence-electron chi connectivity index (χ4n) is 1.44. The van der Waals surface area contributed by atoms with Crippen LogP contribution in [0.2, 0.25) is 0 Å². The summed E-state index contributed by atoms with van der Waals surface area (Å²) in [5, 5.41) is 0. The summed E-state index contributed by atoms with van der Waals surface area (Å²) in [6, 6.07) is 4.15. The molecule has 1 atom stereocenters. The number of aromatic nitrogens is 1. The Hall–Kier alpha value is -0.890. The van der Waals surface area contributed by atoms with Crippen molar-refractivity contribution >= 4 is 0 Å². The molecule has 0 aliphatic heterocycles. The summed E-state index contributed by atoms with van der Waals surface area (Å²) in [7, 11) is 0. The van der Waals surface area contributed by atoms with E-state index in [0.717, 1.165) is 19.4 Å². The van der Waals surface area contributed by atoms with Gasteiger partial charge in [0.05, 0.1) is 0 Å². The minimum absolute atomic E-state index is 0.609. The highest BCUT2D eigenvalue weighted by molar-refractivity contribution is 5.15. The molecule has 1 unspecified atom stereocenters. The van der Waals surface area contributed by atoms with Crippen molar-refractivity contribution in [2.45, 2.75) is 25.7 Å². The molecule has 0 saturated carbocycles. The van der Waals surface area contributed by atoms with E-state index in [2.05, 4.69) is 24.0 Å². The van der Waals surface area contributed by atoms with Crippen LogP contribution in [0.4, 0.5) is 0 Å². The third-order valence-electron chi connectivity index (χ3n) is 2.19. The molecule has 2 heteroatoms. The number of rotatable bonds is 4. The number of hydrogen-bond donors (Lipinski definition) is 1. The zero-order valence-corrected chi connectivity index (χ0v) is 7.53. The van der Waals surface area contributed by atoms with Gasteiger partial charge >= 0.3 is 0 Å². The highest BCUT2D eigenvalue weighted by atomic mass is 14.6. The molecule has 12 heavy (non-hydrogen) atoms. The van der Waals surface area contributed by atoms with Crippen LogP contribution in [0, 0.1) is 0 Å². The van der Waals surface area contributed by atoms with E-state index < -0.39 is 0 Å². The van der Waals surface area contributed by atoms with Crippen LogP contribution in [0.5, 0.6) is 0 Å². The van der Waals surface area contributed by atoms with Gasteiger partial charge in [-0.05, 0) is 43.0 Å². The van der Waals surface area contributed by atoms with E-state index in [-0.39, 0.29) is 0 Å². The Kier molecular flexibility index (Phi) is 3.74. The van der Waals surface area contributed by atoms with E-state index in [9.17, 15) is 0 Å². The van der Waals surface area contributed by atoms with Gasteiger partial charge in [0.2, 0.25) is 0 Å². The molecule has 0 bridgehead atoms. The van der Waals surface area contributed by atoms with Crippen molar-refractivity contribution in [1.29, 1.82) is 0 Å². The van der Waals surface area contributed by atoms with E-state index in [1.165, 1.54) is 5.56 Å². The molecule has 0 aromatic carbocycles. The average molecular weight is 164 g/mol. The Labute approximate surface area is 73.8 Å². The maximum atomic E-state index is 5.53. The quantitative estimate of drug-likeness (QED) is 0.738. The summed E-state index contributed by atoms with van der Waals surface area (Å²) in [4.78, 5) is 3.99. The maximum absolute atomic E-state index is 5.53. The average Bonchev–Trinajstić information content (AvgIpc) is 2.15. The minimum atomic E-state index is 0.609. The predicted octanol–water partition coefficient (Wildman–Crippen LogP) is 1.92. The van der Waals surface area contributed by atoms with Crippen molar-refractivity contribution in [2.24, 2.45) is 5.73 Å². The molecule has 1 rings (SSSR count). The summed E-state index contributed by atoms with van der Waals surface area (Å²) in [6.45, 7) is 2.96. The summed E-state index contributed by atoms with van der Waals surface area (Å²) >= 11 is 0. The first kappa shape index (κ1) is 9.20. The first-order valence-electron chi connectivity index (χ1n) is 4.48. The van der Waals surface area contributed by atoms with Crippen LogP contribution < -0.4 is 5.73 Å². The second-order valence-corrected chi connectivity index (χ2v) is 2.96. The van der Waals surface area contributed by atoms with E-state index in [1.54, 1.807) is 0 Å². The third-order valence-corrected chi connectivity index (χ3v) is 2.19. The molecular weight excluding hydrogens is 148 g/mol. The molecule has 0 aliphatic rings. The molecule has 0 aliphatic carbocycles. The molecule has 0 spiro atoms. The Morgan fingerprint density at radius 3 is 2.58 bits per heavy atom. The number of pyridine rings is 1. The molecule has 1 heterocycles. The van der Waals surface area contributed by atoms with Gasteiger partial charge in [0.25, 0.3) is 0 Å². The lowest BCUT2D eigenvalue weighted by Gasteiger charge is -2.12. The van der Waals surface area contributed by atoms with Gasteiger partial charge in [-0.3, -0.25) is 4.98 Å². The highest BCUT2D eigenvalue weighted by Crippen LogP contribution is 2.21. The lowest BCUT2D eigenvalue weighted by molar-refractivity contribution is 0.614. The van der Waals surface area contributed by atoms with Crippen LogP contribution in [0.15, 0.2) is 24.5 Å². The third kappa shape index (κ3) is 2.31. The molecular formula is C10H16N2. The Balaban J connectivity index is 2.66. The summed E-state index contributed by atoms with van der Waals surface area (Å²) in [6.07, 6.45) is 5.91. The monoisotopic (exact) mass is 164 g/mol. The minimum Gasteiger partial charge on any atom is -0.330 e. The second kappa shape index (κ2) is 4.88. The van der Waals surface area contributed by atoms with Crippen molar-refractivity contribution in [3.63, 3.8) is 0 Å². The van der Waals surface area contributed by atoms with Gasteiger partial charge in [0.1, 0.15) is 0 Å². The standard InChI is InChI=1S/C10H16N2/c1-2-9(3-6-11)10-4-7-12-8-5-10/h4-5,7-9H,2-3,6,11H2,1H3. The molecule has 0 amide bonds. The molecule has 2 N–H and O–H groups in total. The first-order chi connectivity index (χ1) is 5.88. The largest absolute Gasteiger partial charge is 0.330 e. The zero-order chi connectivity index (χ0) is 8.81. The Morgan fingerprint density at radius 1 is 1.42 bits per heavy atom. The van der Waals surface area contributed by atoms with Crippen LogP contribution in [-0.2, 0) is 0 Å². The Morgan fingerprint density at radius 2 is 2.08 bits per heavy atom. The molecule has 2 nitrogen and oxygen atoms in total. The second-order valence-electron chi connectivity index (χ2n) is 2.96. The van der Waals surface area contributed by atoms with Gasteiger partial charge in [-0.15, -0.1) is 0 Å². The van der Waals surface area contributed by atoms with E-state index in [1.807, 2.05) is 12.4 Å². The number of nitrogens with zero attached hydrogens (tertiary/aromatic N) is 1. The number of nitrogens with two attached hydrogens (primary N) is 1. The molecule has 1 aromatic rings. The fraction of sp³-hybridized carbons (Fsp3) is 0.500. The summed E-state index contributed by atoms with van der Waals surface area (Å²) in [5.74, 6) is 0.609. The zero-order valence-electron chi connectivity index (χ0n) is 7.53. The first-order valence-corrected chi connectivity index (χ1v) is 4.48. The topological polar surface area (TPSA) is 38.9 Å². The highest BCUT2D eigenvalue weighted by Gasteiger charge is 2.06. The predicted molar refractivity (Wildman–Crippen MR) is 50.9 cm³/mol. The maximum Gasteiger partial charge on any atom is 0.0270 e. The van der Waals surface area contributed by atoms with Gasteiger partial charge in [-0.25, -0.2) is 0 Å². The molecule has 1 aromatic heterocycles. The SMILES string of the molecule is CCC(CCN)c1ccncc1. The summed E-state index contributed by atoms with van der Waals surface area (Å²) < 4.78 is 0. The molecule has 0 radical (unpaired) electrons. The van der Waals surface area contributed by atoms with Crippen molar-refractivity contribution in [3.05, 3.63) is 30.1 Å². The van der Waals surface area contributed by atoms with Gasteiger partial charge in [0.15, 0.2) is 0 Å². The Bertz CT molecular complexity index is 208. The normalized spacial score (nSPS) is 12.8. The molecule has 66 valence electrons. The van der Waals surface area contributed by atoms with Crippen molar-refractivity contribution in [2.75, 3.05) is 6.54 Å². The van der Waals surface area contributed by atoms with Crippen molar-refractivity contribution < 1.29 is 0 Å². The van der Waals surface area contributed by atoms with Gasteiger partial charge < -0.3 is 5.73 Å². The molecule has 0 saturated heterocycles.